The molecule has 0 N–H and O–H groups in total. The first-order valence-corrected chi connectivity index (χ1v) is 11.4. The highest BCUT2D eigenvalue weighted by molar-refractivity contribution is 5.25. The first-order chi connectivity index (χ1) is 13.7. The first-order valence-electron chi connectivity index (χ1n) is 11.4. The molecule has 0 radical (unpaired) electrons. The Balaban J connectivity index is 1.59. The Morgan fingerprint density at radius 2 is 1.86 bits per heavy atom. The number of rotatable bonds is 10. The summed E-state index contributed by atoms with van der Waals surface area (Å²) in [7, 11) is 1.80. The second kappa shape index (κ2) is 11.3. The van der Waals surface area contributed by atoms with E-state index >= 15 is 0 Å². The molecule has 0 saturated carbocycles. The van der Waals surface area contributed by atoms with Gasteiger partial charge in [-0.1, -0.05) is 31.2 Å². The van der Waals surface area contributed by atoms with Gasteiger partial charge < -0.3 is 9.64 Å². The van der Waals surface area contributed by atoms with Gasteiger partial charge in [0.05, 0.1) is 6.61 Å². The molecule has 0 spiro atoms. The zero-order valence-electron chi connectivity index (χ0n) is 18.4. The summed E-state index contributed by atoms with van der Waals surface area (Å²) in [6.45, 7) is 15.1. The molecule has 1 atom stereocenters. The molecule has 2 fully saturated rings. The number of ether oxygens (including phenoxy) is 1. The van der Waals surface area contributed by atoms with Gasteiger partial charge in [-0.15, -0.1) is 0 Å². The molecule has 2 heterocycles. The van der Waals surface area contributed by atoms with Gasteiger partial charge in [0.2, 0.25) is 0 Å². The van der Waals surface area contributed by atoms with Crippen LogP contribution in [0.4, 0.5) is 0 Å². The highest BCUT2D eigenvalue weighted by atomic mass is 16.5. The van der Waals surface area contributed by atoms with Gasteiger partial charge in [-0.2, -0.15) is 0 Å². The standard InChI is InChI=1S/C24H41N3O/c1-4-27-13-7-10-24(27)20-26(19-23-9-6-5-8-21(23)2)18-22-11-14-25(15-12-22)16-17-28-3/h5-6,8-9,22,24H,4,7,10-20H2,1-3H3. The Morgan fingerprint density at radius 1 is 1.07 bits per heavy atom. The number of nitrogens with zero attached hydrogens (tertiary/aromatic N) is 3. The van der Waals surface area contributed by atoms with Crippen molar-refractivity contribution in [2.45, 2.75) is 52.1 Å². The third kappa shape index (κ3) is 6.28. The van der Waals surface area contributed by atoms with Crippen LogP contribution < -0.4 is 0 Å². The Hall–Kier alpha value is -0.940. The molecule has 1 aromatic carbocycles. The van der Waals surface area contributed by atoms with Crippen LogP contribution in [0.2, 0.25) is 0 Å². The van der Waals surface area contributed by atoms with Crippen LogP contribution in [0.25, 0.3) is 0 Å². The van der Waals surface area contributed by atoms with E-state index in [0.29, 0.717) is 0 Å². The van der Waals surface area contributed by atoms with Crippen molar-refractivity contribution in [3.63, 3.8) is 0 Å². The minimum Gasteiger partial charge on any atom is -0.383 e. The van der Waals surface area contributed by atoms with Crippen LogP contribution in [0.3, 0.4) is 0 Å². The molecular weight excluding hydrogens is 346 g/mol. The minimum absolute atomic E-state index is 0.746. The third-order valence-electron chi connectivity index (χ3n) is 6.86. The summed E-state index contributed by atoms with van der Waals surface area (Å²) in [5, 5.41) is 0. The zero-order chi connectivity index (χ0) is 19.8. The van der Waals surface area contributed by atoms with Crippen LogP contribution >= 0.6 is 0 Å². The molecule has 2 saturated heterocycles. The lowest BCUT2D eigenvalue weighted by Crippen LogP contribution is -2.44. The molecule has 4 nitrogen and oxygen atoms in total. The summed E-state index contributed by atoms with van der Waals surface area (Å²) in [5.74, 6) is 0.833. The van der Waals surface area contributed by atoms with Crippen molar-refractivity contribution in [3.8, 4) is 0 Å². The molecule has 2 aliphatic heterocycles. The van der Waals surface area contributed by atoms with E-state index in [2.05, 4.69) is 52.8 Å². The van der Waals surface area contributed by atoms with Crippen LogP contribution in [-0.2, 0) is 11.3 Å². The van der Waals surface area contributed by atoms with Gasteiger partial charge in [0, 0.05) is 39.3 Å². The summed E-state index contributed by atoms with van der Waals surface area (Å²) in [5.41, 5.74) is 2.93. The lowest BCUT2D eigenvalue weighted by atomic mass is 9.95. The Labute approximate surface area is 172 Å². The molecule has 0 amide bonds. The van der Waals surface area contributed by atoms with Crippen molar-refractivity contribution >= 4 is 0 Å². The van der Waals surface area contributed by atoms with Gasteiger partial charge in [0.25, 0.3) is 0 Å². The van der Waals surface area contributed by atoms with Gasteiger partial charge in [0.1, 0.15) is 0 Å². The van der Waals surface area contributed by atoms with Crippen LogP contribution in [0, 0.1) is 12.8 Å². The van der Waals surface area contributed by atoms with Crippen LogP contribution in [0.1, 0.15) is 43.7 Å². The van der Waals surface area contributed by atoms with Crippen molar-refractivity contribution in [2.24, 2.45) is 5.92 Å². The molecule has 0 aliphatic carbocycles. The number of aryl methyl sites for hydroxylation is 1. The predicted molar refractivity (Wildman–Crippen MR) is 118 cm³/mol. The van der Waals surface area contributed by atoms with E-state index in [1.54, 1.807) is 7.11 Å². The van der Waals surface area contributed by atoms with E-state index in [0.717, 1.165) is 31.7 Å². The van der Waals surface area contributed by atoms with Gasteiger partial charge in [-0.3, -0.25) is 9.80 Å². The Morgan fingerprint density at radius 3 is 2.57 bits per heavy atom. The number of likely N-dealkylation sites (tertiary alicyclic amines) is 2. The molecule has 3 rings (SSSR count). The second-order valence-electron chi connectivity index (χ2n) is 8.82. The lowest BCUT2D eigenvalue weighted by molar-refractivity contribution is 0.0964. The Kier molecular flexibility index (Phi) is 8.78. The molecular formula is C24H41N3O. The maximum Gasteiger partial charge on any atom is 0.0589 e. The van der Waals surface area contributed by atoms with E-state index in [1.165, 1.54) is 76.1 Å². The summed E-state index contributed by atoms with van der Waals surface area (Å²) in [6.07, 6.45) is 5.40. The third-order valence-corrected chi connectivity index (χ3v) is 6.86. The largest absolute Gasteiger partial charge is 0.383 e. The normalized spacial score (nSPS) is 22.4. The van der Waals surface area contributed by atoms with Crippen LogP contribution in [0.5, 0.6) is 0 Å². The maximum absolute atomic E-state index is 5.25. The average Bonchev–Trinajstić information content (AvgIpc) is 3.16. The van der Waals surface area contributed by atoms with Crippen molar-refractivity contribution in [1.29, 1.82) is 0 Å². The summed E-state index contributed by atoms with van der Waals surface area (Å²) < 4.78 is 5.25. The van der Waals surface area contributed by atoms with Gasteiger partial charge in [-0.05, 0) is 75.8 Å². The highest BCUT2D eigenvalue weighted by Crippen LogP contribution is 2.23. The van der Waals surface area contributed by atoms with E-state index < -0.39 is 0 Å². The first kappa shape index (κ1) is 21.8. The second-order valence-corrected chi connectivity index (χ2v) is 8.82. The van der Waals surface area contributed by atoms with Crippen LogP contribution in [0.15, 0.2) is 24.3 Å². The molecule has 0 aromatic heterocycles. The quantitative estimate of drug-likeness (QED) is 0.610. The maximum atomic E-state index is 5.25. The number of hydrogen-bond donors (Lipinski definition) is 0. The fourth-order valence-electron chi connectivity index (χ4n) is 5.03. The summed E-state index contributed by atoms with van der Waals surface area (Å²) >= 11 is 0. The van der Waals surface area contributed by atoms with Crippen molar-refractivity contribution in [3.05, 3.63) is 35.4 Å². The van der Waals surface area contributed by atoms with E-state index in [1.807, 2.05) is 0 Å². The fourth-order valence-corrected chi connectivity index (χ4v) is 5.03. The minimum atomic E-state index is 0.746. The molecule has 28 heavy (non-hydrogen) atoms. The average molecular weight is 388 g/mol. The summed E-state index contributed by atoms with van der Waals surface area (Å²) in [4.78, 5) is 8.04. The van der Waals surface area contributed by atoms with Crippen molar-refractivity contribution < 1.29 is 4.74 Å². The molecule has 4 heteroatoms. The van der Waals surface area contributed by atoms with E-state index in [-0.39, 0.29) is 0 Å². The number of likely N-dealkylation sites (N-methyl/N-ethyl adjacent to an activating group) is 1. The molecule has 1 unspecified atom stereocenters. The fraction of sp³-hybridized carbons (Fsp3) is 0.750. The number of piperidine rings is 1. The summed E-state index contributed by atoms with van der Waals surface area (Å²) in [6, 6.07) is 9.69. The van der Waals surface area contributed by atoms with Crippen molar-refractivity contribution in [2.75, 3.05) is 59.5 Å². The smallest absolute Gasteiger partial charge is 0.0589 e. The predicted octanol–water partition coefficient (Wildman–Crippen LogP) is 3.64. The van der Waals surface area contributed by atoms with Crippen LogP contribution in [-0.4, -0.2) is 80.3 Å². The number of hydrogen-bond acceptors (Lipinski definition) is 4. The number of methoxy groups -OCH3 is 1. The van der Waals surface area contributed by atoms with E-state index in [4.69, 9.17) is 4.74 Å². The topological polar surface area (TPSA) is 19.0 Å². The molecule has 1 aromatic rings. The van der Waals surface area contributed by atoms with Crippen molar-refractivity contribution in [1.82, 2.24) is 14.7 Å². The molecule has 0 bridgehead atoms. The van der Waals surface area contributed by atoms with E-state index in [9.17, 15) is 0 Å². The SMILES string of the molecule is CCN1CCCC1CN(Cc1ccccc1C)CC1CCN(CCOC)CC1. The van der Waals surface area contributed by atoms with Gasteiger partial charge in [-0.25, -0.2) is 0 Å². The zero-order valence-corrected chi connectivity index (χ0v) is 18.4. The Bertz CT molecular complexity index is 571. The van der Waals surface area contributed by atoms with Gasteiger partial charge in [0.15, 0.2) is 0 Å². The monoisotopic (exact) mass is 387 g/mol. The van der Waals surface area contributed by atoms with Gasteiger partial charge >= 0.3 is 0 Å². The highest BCUT2D eigenvalue weighted by Gasteiger charge is 2.27. The number of benzene rings is 1. The lowest BCUT2D eigenvalue weighted by Gasteiger charge is -2.37. The molecule has 2 aliphatic rings. The molecule has 158 valence electrons.